The van der Waals surface area contributed by atoms with E-state index < -0.39 is 5.97 Å². The molecule has 0 spiro atoms. The number of hydrogen-bond acceptors (Lipinski definition) is 5. The number of hydrogen-bond donors (Lipinski definition) is 1. The van der Waals surface area contributed by atoms with E-state index in [9.17, 15) is 4.79 Å². The number of carbonyl (C=O) groups excluding carboxylic acids is 1. The molecule has 0 bridgehead atoms. The molecule has 110 valence electrons. The fourth-order valence-corrected chi connectivity index (χ4v) is 1.88. The molecule has 0 atom stereocenters. The van der Waals surface area contributed by atoms with Crippen molar-refractivity contribution in [2.24, 2.45) is 0 Å². The third kappa shape index (κ3) is 4.49. The first-order valence-electron chi connectivity index (χ1n) is 6.78. The second kappa shape index (κ2) is 7.28. The number of anilines is 1. The molecule has 2 N–H and O–H groups in total. The highest BCUT2D eigenvalue weighted by Gasteiger charge is 2.10. The van der Waals surface area contributed by atoms with Crippen LogP contribution < -0.4 is 10.5 Å². The van der Waals surface area contributed by atoms with E-state index in [-0.39, 0.29) is 0 Å². The first-order chi connectivity index (χ1) is 10.2. The molecule has 5 heteroatoms. The summed E-state index contributed by atoms with van der Waals surface area (Å²) >= 11 is 0. The van der Waals surface area contributed by atoms with E-state index in [1.54, 1.807) is 30.6 Å². The van der Waals surface area contributed by atoms with Gasteiger partial charge in [-0.05, 0) is 30.7 Å². The molecule has 1 aromatic heterocycles. The van der Waals surface area contributed by atoms with Crippen LogP contribution in [0.4, 0.5) is 5.69 Å². The summed E-state index contributed by atoms with van der Waals surface area (Å²) in [6, 6.07) is 8.68. The molecule has 1 heterocycles. The van der Waals surface area contributed by atoms with Gasteiger partial charge in [-0.25, -0.2) is 4.79 Å². The van der Waals surface area contributed by atoms with Crippen molar-refractivity contribution in [1.82, 2.24) is 4.98 Å². The van der Waals surface area contributed by atoms with Crippen molar-refractivity contribution in [1.29, 1.82) is 0 Å². The summed E-state index contributed by atoms with van der Waals surface area (Å²) in [5.74, 6) is 0.156. The molecule has 0 aliphatic heterocycles. The highest BCUT2D eigenvalue weighted by molar-refractivity contribution is 5.91. The summed E-state index contributed by atoms with van der Waals surface area (Å²) in [6.07, 6.45) is 4.08. The van der Waals surface area contributed by atoms with Crippen LogP contribution in [-0.4, -0.2) is 24.2 Å². The van der Waals surface area contributed by atoms with Crippen molar-refractivity contribution >= 4 is 11.7 Å². The number of ether oxygens (including phenoxy) is 2. The first-order valence-corrected chi connectivity index (χ1v) is 6.78. The molecule has 0 amide bonds. The van der Waals surface area contributed by atoms with Crippen LogP contribution in [0.2, 0.25) is 0 Å². The number of esters is 1. The molecule has 0 saturated carbocycles. The van der Waals surface area contributed by atoms with Gasteiger partial charge in [0, 0.05) is 30.6 Å². The fourth-order valence-electron chi connectivity index (χ4n) is 1.88. The van der Waals surface area contributed by atoms with Gasteiger partial charge in [0.15, 0.2) is 0 Å². The standard InChI is InChI=1S/C16H18N2O3/c1-2-20-15-9-13(8-14(17)10-15)16(19)21-7-5-12-4-3-6-18-11-12/h3-4,6,8-11H,2,5,7,17H2,1H3. The summed E-state index contributed by atoms with van der Waals surface area (Å²) < 4.78 is 10.6. The Morgan fingerprint density at radius 3 is 2.90 bits per heavy atom. The molecule has 0 unspecified atom stereocenters. The van der Waals surface area contributed by atoms with Crippen LogP contribution in [-0.2, 0) is 11.2 Å². The van der Waals surface area contributed by atoms with Crippen molar-refractivity contribution in [3.05, 3.63) is 53.9 Å². The zero-order valence-corrected chi connectivity index (χ0v) is 11.9. The summed E-state index contributed by atoms with van der Waals surface area (Å²) in [4.78, 5) is 16.0. The van der Waals surface area contributed by atoms with Crippen LogP contribution in [0.5, 0.6) is 5.75 Å². The number of rotatable bonds is 6. The second-order valence-corrected chi connectivity index (χ2v) is 4.47. The molecule has 21 heavy (non-hydrogen) atoms. The van der Waals surface area contributed by atoms with E-state index in [0.29, 0.717) is 36.6 Å². The minimum atomic E-state index is -0.410. The number of benzene rings is 1. The molecule has 1 aromatic carbocycles. The van der Waals surface area contributed by atoms with Gasteiger partial charge in [0.05, 0.1) is 18.8 Å². The van der Waals surface area contributed by atoms with E-state index in [4.69, 9.17) is 15.2 Å². The van der Waals surface area contributed by atoms with Crippen molar-refractivity contribution < 1.29 is 14.3 Å². The van der Waals surface area contributed by atoms with Gasteiger partial charge >= 0.3 is 5.97 Å². The maximum absolute atomic E-state index is 12.0. The quantitative estimate of drug-likeness (QED) is 0.652. The summed E-state index contributed by atoms with van der Waals surface area (Å²) in [7, 11) is 0. The highest BCUT2D eigenvalue weighted by Crippen LogP contribution is 2.19. The van der Waals surface area contributed by atoms with Crippen LogP contribution in [0, 0.1) is 0 Å². The lowest BCUT2D eigenvalue weighted by molar-refractivity contribution is 0.0509. The molecular formula is C16H18N2O3. The third-order valence-corrected chi connectivity index (χ3v) is 2.82. The van der Waals surface area contributed by atoms with Gasteiger partial charge < -0.3 is 15.2 Å². The first kappa shape index (κ1) is 14.8. The van der Waals surface area contributed by atoms with Gasteiger partial charge in [-0.15, -0.1) is 0 Å². The molecule has 0 aliphatic rings. The molecule has 2 aromatic rings. The number of aromatic nitrogens is 1. The van der Waals surface area contributed by atoms with E-state index >= 15 is 0 Å². The predicted octanol–water partition coefficient (Wildman–Crippen LogP) is 2.46. The lowest BCUT2D eigenvalue weighted by Crippen LogP contribution is -2.09. The predicted molar refractivity (Wildman–Crippen MR) is 80.2 cm³/mol. The largest absolute Gasteiger partial charge is 0.494 e. The molecular weight excluding hydrogens is 268 g/mol. The molecule has 0 aliphatic carbocycles. The number of nitrogens with zero attached hydrogens (tertiary/aromatic N) is 1. The second-order valence-electron chi connectivity index (χ2n) is 4.47. The number of pyridine rings is 1. The Kier molecular flexibility index (Phi) is 5.15. The Morgan fingerprint density at radius 2 is 2.19 bits per heavy atom. The maximum atomic E-state index is 12.0. The Labute approximate surface area is 123 Å². The SMILES string of the molecule is CCOc1cc(N)cc(C(=O)OCCc2cccnc2)c1. The molecule has 5 nitrogen and oxygen atoms in total. The monoisotopic (exact) mass is 286 g/mol. The van der Waals surface area contributed by atoms with E-state index in [0.717, 1.165) is 5.56 Å². The van der Waals surface area contributed by atoms with Gasteiger partial charge in [-0.3, -0.25) is 4.98 Å². The maximum Gasteiger partial charge on any atom is 0.338 e. The van der Waals surface area contributed by atoms with Gasteiger partial charge in [0.1, 0.15) is 5.75 Å². The average Bonchev–Trinajstić information content (AvgIpc) is 2.48. The molecule has 2 rings (SSSR count). The fraction of sp³-hybridized carbons (Fsp3) is 0.250. The van der Waals surface area contributed by atoms with Crippen LogP contribution >= 0.6 is 0 Å². The number of nitrogen functional groups attached to an aromatic ring is 1. The van der Waals surface area contributed by atoms with Crippen molar-refractivity contribution in [2.75, 3.05) is 18.9 Å². The minimum absolute atomic E-state index is 0.295. The van der Waals surface area contributed by atoms with E-state index in [2.05, 4.69) is 4.98 Å². The van der Waals surface area contributed by atoms with Gasteiger partial charge in [0.25, 0.3) is 0 Å². The van der Waals surface area contributed by atoms with Gasteiger partial charge in [0.2, 0.25) is 0 Å². The Morgan fingerprint density at radius 1 is 1.33 bits per heavy atom. The van der Waals surface area contributed by atoms with Gasteiger partial charge in [-0.2, -0.15) is 0 Å². The summed E-state index contributed by atoms with van der Waals surface area (Å²) in [5.41, 5.74) is 7.64. The van der Waals surface area contributed by atoms with E-state index in [1.807, 2.05) is 19.1 Å². The van der Waals surface area contributed by atoms with Crippen LogP contribution in [0.3, 0.4) is 0 Å². The lowest BCUT2D eigenvalue weighted by Gasteiger charge is -2.08. The molecule has 0 radical (unpaired) electrons. The highest BCUT2D eigenvalue weighted by atomic mass is 16.5. The smallest absolute Gasteiger partial charge is 0.338 e. The van der Waals surface area contributed by atoms with Crippen LogP contribution in [0.15, 0.2) is 42.7 Å². The summed E-state index contributed by atoms with van der Waals surface area (Å²) in [6.45, 7) is 2.68. The number of nitrogens with two attached hydrogens (primary N) is 1. The normalized spacial score (nSPS) is 10.1. The Hall–Kier alpha value is -2.56. The zero-order valence-electron chi connectivity index (χ0n) is 11.9. The van der Waals surface area contributed by atoms with Gasteiger partial charge in [-0.1, -0.05) is 6.07 Å². The topological polar surface area (TPSA) is 74.4 Å². The lowest BCUT2D eigenvalue weighted by atomic mass is 10.2. The summed E-state index contributed by atoms with van der Waals surface area (Å²) in [5, 5.41) is 0. The minimum Gasteiger partial charge on any atom is -0.494 e. The van der Waals surface area contributed by atoms with Crippen molar-refractivity contribution in [3.63, 3.8) is 0 Å². The molecule has 0 saturated heterocycles. The van der Waals surface area contributed by atoms with Crippen LogP contribution in [0.1, 0.15) is 22.8 Å². The van der Waals surface area contributed by atoms with Crippen molar-refractivity contribution in [2.45, 2.75) is 13.3 Å². The zero-order chi connectivity index (χ0) is 15.1. The Bertz CT molecular complexity index is 600. The van der Waals surface area contributed by atoms with Crippen LogP contribution in [0.25, 0.3) is 0 Å². The third-order valence-electron chi connectivity index (χ3n) is 2.82. The average molecular weight is 286 g/mol. The Balaban J connectivity index is 1.94. The van der Waals surface area contributed by atoms with Crippen molar-refractivity contribution in [3.8, 4) is 5.75 Å². The number of carbonyl (C=O) groups is 1. The van der Waals surface area contributed by atoms with E-state index in [1.165, 1.54) is 0 Å². The molecule has 0 fully saturated rings.